The van der Waals surface area contributed by atoms with Crippen LogP contribution in [-0.2, 0) is 0 Å². The summed E-state index contributed by atoms with van der Waals surface area (Å²) in [7, 11) is 0. The van der Waals surface area contributed by atoms with Crippen molar-refractivity contribution in [1.82, 2.24) is 9.97 Å². The van der Waals surface area contributed by atoms with Gasteiger partial charge in [-0.25, -0.2) is 9.97 Å². The zero-order chi connectivity index (χ0) is 13.4. The van der Waals surface area contributed by atoms with Crippen molar-refractivity contribution >= 4 is 16.8 Å². The number of aromatic nitrogens is 2. The van der Waals surface area contributed by atoms with E-state index >= 15 is 0 Å². The number of anilines is 1. The maximum Gasteiger partial charge on any atom is 0.154 e. The maximum absolute atomic E-state index is 5.96. The molecule has 19 heavy (non-hydrogen) atoms. The first-order valence-electron chi connectivity index (χ1n) is 6.26. The third-order valence-corrected chi connectivity index (χ3v) is 3.15. The molecule has 0 aliphatic heterocycles. The third-order valence-electron chi connectivity index (χ3n) is 3.15. The molecule has 2 N–H and O–H groups in total. The predicted molar refractivity (Wildman–Crippen MR) is 75.7 cm³/mol. The molecular formula is C15H15N3O. The van der Waals surface area contributed by atoms with E-state index in [1.165, 1.54) is 6.33 Å². The molecule has 4 heteroatoms. The minimum Gasteiger partial charge on any atom is -0.454 e. The van der Waals surface area contributed by atoms with Crippen molar-refractivity contribution < 1.29 is 4.42 Å². The SMILES string of the molecule is CC(C)c1c(N)ncnc1-c1cc2ccccc2o1. The molecule has 0 atom stereocenters. The lowest BCUT2D eigenvalue weighted by molar-refractivity contribution is 0.626. The van der Waals surface area contributed by atoms with Gasteiger partial charge in [0.1, 0.15) is 23.4 Å². The minimum absolute atomic E-state index is 0.240. The molecule has 0 radical (unpaired) electrons. The van der Waals surface area contributed by atoms with Crippen LogP contribution in [0.4, 0.5) is 5.82 Å². The molecule has 0 unspecified atom stereocenters. The Morgan fingerprint density at radius 3 is 2.68 bits per heavy atom. The minimum atomic E-state index is 0.240. The van der Waals surface area contributed by atoms with Gasteiger partial charge in [-0.3, -0.25) is 0 Å². The zero-order valence-corrected chi connectivity index (χ0v) is 10.9. The molecule has 2 aromatic heterocycles. The summed E-state index contributed by atoms with van der Waals surface area (Å²) in [6, 6.07) is 9.88. The second kappa shape index (κ2) is 4.39. The number of nitrogens with two attached hydrogens (primary N) is 1. The average molecular weight is 253 g/mol. The molecule has 0 spiro atoms. The fraction of sp³-hybridized carbons (Fsp3) is 0.200. The highest BCUT2D eigenvalue weighted by atomic mass is 16.3. The highest BCUT2D eigenvalue weighted by Crippen LogP contribution is 2.33. The summed E-state index contributed by atoms with van der Waals surface area (Å²) < 4.78 is 5.85. The second-order valence-corrected chi connectivity index (χ2v) is 4.82. The molecule has 96 valence electrons. The monoisotopic (exact) mass is 253 g/mol. The van der Waals surface area contributed by atoms with Gasteiger partial charge in [0.05, 0.1) is 0 Å². The number of fused-ring (bicyclic) bond motifs is 1. The lowest BCUT2D eigenvalue weighted by Crippen LogP contribution is -2.03. The van der Waals surface area contributed by atoms with Crippen molar-refractivity contribution in [1.29, 1.82) is 0 Å². The van der Waals surface area contributed by atoms with Crippen molar-refractivity contribution in [3.05, 3.63) is 42.2 Å². The molecule has 0 saturated heterocycles. The van der Waals surface area contributed by atoms with Crippen molar-refractivity contribution in [2.45, 2.75) is 19.8 Å². The molecule has 0 aliphatic carbocycles. The van der Waals surface area contributed by atoms with E-state index in [1.54, 1.807) is 0 Å². The summed E-state index contributed by atoms with van der Waals surface area (Å²) in [4.78, 5) is 8.41. The maximum atomic E-state index is 5.96. The predicted octanol–water partition coefficient (Wildman–Crippen LogP) is 3.60. The molecule has 0 aliphatic rings. The largest absolute Gasteiger partial charge is 0.454 e. The highest BCUT2D eigenvalue weighted by Gasteiger charge is 2.17. The van der Waals surface area contributed by atoms with Gasteiger partial charge in [-0.15, -0.1) is 0 Å². The van der Waals surface area contributed by atoms with E-state index in [4.69, 9.17) is 10.2 Å². The number of furan rings is 1. The van der Waals surface area contributed by atoms with Crippen LogP contribution in [0.15, 0.2) is 41.1 Å². The van der Waals surface area contributed by atoms with Gasteiger partial charge >= 0.3 is 0 Å². The Balaban J connectivity index is 2.24. The summed E-state index contributed by atoms with van der Waals surface area (Å²) in [6.07, 6.45) is 1.48. The Morgan fingerprint density at radius 1 is 1.16 bits per heavy atom. The van der Waals surface area contributed by atoms with Crippen molar-refractivity contribution in [2.75, 3.05) is 5.73 Å². The molecule has 0 fully saturated rings. The fourth-order valence-corrected chi connectivity index (χ4v) is 2.27. The number of nitrogens with zero attached hydrogens (tertiary/aromatic N) is 2. The first-order valence-corrected chi connectivity index (χ1v) is 6.26. The van der Waals surface area contributed by atoms with Gasteiger partial charge in [-0.1, -0.05) is 32.0 Å². The van der Waals surface area contributed by atoms with Crippen LogP contribution >= 0.6 is 0 Å². The molecule has 0 amide bonds. The Hall–Kier alpha value is -2.36. The summed E-state index contributed by atoms with van der Waals surface area (Å²) in [5.74, 6) is 1.49. The van der Waals surface area contributed by atoms with Crippen LogP contribution in [0, 0.1) is 0 Å². The summed E-state index contributed by atoms with van der Waals surface area (Å²) in [6.45, 7) is 4.14. The standard InChI is InChI=1S/C15H15N3O/c1-9(2)13-14(17-8-18-15(13)16)12-7-10-5-3-4-6-11(10)19-12/h3-9H,1-2H3,(H2,16,17,18). The molecule has 0 saturated carbocycles. The Kier molecular flexibility index (Phi) is 2.71. The van der Waals surface area contributed by atoms with E-state index in [0.29, 0.717) is 5.82 Å². The van der Waals surface area contributed by atoms with Gasteiger partial charge in [-0.2, -0.15) is 0 Å². The molecule has 0 bridgehead atoms. The van der Waals surface area contributed by atoms with Crippen LogP contribution in [0.2, 0.25) is 0 Å². The van der Waals surface area contributed by atoms with Gasteiger partial charge < -0.3 is 10.2 Å². The number of hydrogen-bond donors (Lipinski definition) is 1. The van der Waals surface area contributed by atoms with Gasteiger partial charge in [0.25, 0.3) is 0 Å². The van der Waals surface area contributed by atoms with Crippen molar-refractivity contribution in [3.8, 4) is 11.5 Å². The van der Waals surface area contributed by atoms with E-state index in [0.717, 1.165) is 28.0 Å². The quantitative estimate of drug-likeness (QED) is 0.757. The first kappa shape index (κ1) is 11.7. The van der Waals surface area contributed by atoms with Crippen LogP contribution < -0.4 is 5.73 Å². The van der Waals surface area contributed by atoms with Crippen LogP contribution in [0.25, 0.3) is 22.4 Å². The molecule has 3 aromatic rings. The summed E-state index contributed by atoms with van der Waals surface area (Å²) >= 11 is 0. The normalized spacial score (nSPS) is 11.3. The third kappa shape index (κ3) is 1.95. The lowest BCUT2D eigenvalue weighted by Gasteiger charge is -2.11. The van der Waals surface area contributed by atoms with E-state index in [9.17, 15) is 0 Å². The highest BCUT2D eigenvalue weighted by molar-refractivity contribution is 5.83. The molecular weight excluding hydrogens is 238 g/mol. The molecule has 4 nitrogen and oxygen atoms in total. The number of nitrogen functional groups attached to an aromatic ring is 1. The van der Waals surface area contributed by atoms with E-state index < -0.39 is 0 Å². The molecule has 2 heterocycles. The van der Waals surface area contributed by atoms with Crippen LogP contribution in [-0.4, -0.2) is 9.97 Å². The van der Waals surface area contributed by atoms with Gasteiger partial charge in [0.15, 0.2) is 5.76 Å². The lowest BCUT2D eigenvalue weighted by atomic mass is 10.0. The van der Waals surface area contributed by atoms with E-state index in [-0.39, 0.29) is 5.92 Å². The summed E-state index contributed by atoms with van der Waals surface area (Å²) in [5.41, 5.74) is 8.52. The van der Waals surface area contributed by atoms with Crippen LogP contribution in [0.1, 0.15) is 25.3 Å². The van der Waals surface area contributed by atoms with Crippen LogP contribution in [0.5, 0.6) is 0 Å². The first-order chi connectivity index (χ1) is 9.16. The van der Waals surface area contributed by atoms with Crippen LogP contribution in [0.3, 0.4) is 0 Å². The number of hydrogen-bond acceptors (Lipinski definition) is 4. The Labute approximate surface area is 111 Å². The Morgan fingerprint density at radius 2 is 1.95 bits per heavy atom. The fourth-order valence-electron chi connectivity index (χ4n) is 2.27. The van der Waals surface area contributed by atoms with Gasteiger partial charge in [-0.05, 0) is 18.1 Å². The smallest absolute Gasteiger partial charge is 0.154 e. The molecule has 1 aromatic carbocycles. The second-order valence-electron chi connectivity index (χ2n) is 4.82. The van der Waals surface area contributed by atoms with Gasteiger partial charge in [0, 0.05) is 10.9 Å². The number of para-hydroxylation sites is 1. The Bertz CT molecular complexity index is 698. The number of benzene rings is 1. The summed E-state index contributed by atoms with van der Waals surface area (Å²) in [5, 5.41) is 1.06. The van der Waals surface area contributed by atoms with Crippen molar-refractivity contribution in [2.24, 2.45) is 0 Å². The van der Waals surface area contributed by atoms with Crippen molar-refractivity contribution in [3.63, 3.8) is 0 Å². The van der Waals surface area contributed by atoms with Gasteiger partial charge in [0.2, 0.25) is 0 Å². The topological polar surface area (TPSA) is 64.9 Å². The zero-order valence-electron chi connectivity index (χ0n) is 10.9. The van der Waals surface area contributed by atoms with E-state index in [2.05, 4.69) is 23.8 Å². The average Bonchev–Trinajstić information content (AvgIpc) is 2.81. The molecule has 3 rings (SSSR count). The van der Waals surface area contributed by atoms with E-state index in [1.807, 2.05) is 30.3 Å². The number of rotatable bonds is 2.